The molecule has 0 spiro atoms. The molecule has 172 valence electrons. The minimum atomic E-state index is 0.163. The van der Waals surface area contributed by atoms with E-state index in [1.165, 1.54) is 16.5 Å². The maximum atomic E-state index is 13.3. The Morgan fingerprint density at radius 1 is 0.912 bits per heavy atom. The van der Waals surface area contributed by atoms with Gasteiger partial charge in [-0.15, -0.1) is 0 Å². The second-order valence-electron chi connectivity index (χ2n) is 9.85. The molecule has 0 radical (unpaired) electrons. The molecule has 2 fully saturated rings. The Balaban J connectivity index is 1.34. The summed E-state index contributed by atoms with van der Waals surface area (Å²) in [6.07, 6.45) is 1.09. The minimum Gasteiger partial charge on any atom is -0.354 e. The van der Waals surface area contributed by atoms with Crippen LogP contribution in [0.3, 0.4) is 0 Å². The lowest BCUT2D eigenvalue weighted by Crippen LogP contribution is -2.49. The van der Waals surface area contributed by atoms with Crippen molar-refractivity contribution in [2.75, 3.05) is 26.2 Å². The summed E-state index contributed by atoms with van der Waals surface area (Å²) in [5.74, 6) is 0.163. The lowest BCUT2D eigenvalue weighted by atomic mass is 10.00. The molecule has 4 aromatic rings. The molecule has 1 N–H and O–H groups in total. The summed E-state index contributed by atoms with van der Waals surface area (Å²) in [6.45, 7) is 10.2. The van der Waals surface area contributed by atoms with Crippen LogP contribution in [0.25, 0.3) is 33.3 Å². The van der Waals surface area contributed by atoms with Gasteiger partial charge in [-0.2, -0.15) is 0 Å². The molecule has 0 saturated carbocycles. The number of nitrogens with zero attached hydrogens (tertiary/aromatic N) is 3. The van der Waals surface area contributed by atoms with Crippen LogP contribution >= 0.6 is 0 Å². The third-order valence-electron chi connectivity index (χ3n) is 7.48. The van der Waals surface area contributed by atoms with E-state index in [0.29, 0.717) is 6.04 Å². The van der Waals surface area contributed by atoms with Gasteiger partial charge < -0.3 is 9.88 Å². The van der Waals surface area contributed by atoms with Gasteiger partial charge in [0.15, 0.2) is 0 Å². The molecule has 2 aliphatic rings. The van der Waals surface area contributed by atoms with Gasteiger partial charge in [-0.3, -0.25) is 14.7 Å². The van der Waals surface area contributed by atoms with Gasteiger partial charge in [-0.25, -0.2) is 0 Å². The van der Waals surface area contributed by atoms with E-state index in [0.717, 1.165) is 71.9 Å². The largest absolute Gasteiger partial charge is 0.354 e. The SMILES string of the molecule is Cc1cc(-c2[nH]c3cc(-c4cccc(C(=O)N5CCN6CCC5C6)c4)ccc3c2C)cc(C)n1. The van der Waals surface area contributed by atoms with Crippen LogP contribution in [0.2, 0.25) is 0 Å². The van der Waals surface area contributed by atoms with Crippen LogP contribution < -0.4 is 0 Å². The molecule has 2 aromatic heterocycles. The molecule has 2 unspecified atom stereocenters. The van der Waals surface area contributed by atoms with Crippen molar-refractivity contribution in [1.29, 1.82) is 0 Å². The van der Waals surface area contributed by atoms with Crippen molar-refractivity contribution in [1.82, 2.24) is 19.8 Å². The first-order chi connectivity index (χ1) is 16.5. The molecule has 1 amide bonds. The van der Waals surface area contributed by atoms with Gasteiger partial charge in [0.25, 0.3) is 5.91 Å². The first-order valence-electron chi connectivity index (χ1n) is 12.2. The number of H-pyrrole nitrogens is 1. The summed E-state index contributed by atoms with van der Waals surface area (Å²) in [7, 11) is 0. The summed E-state index contributed by atoms with van der Waals surface area (Å²) in [6, 6.07) is 19.3. The number of benzene rings is 2. The van der Waals surface area contributed by atoms with Crippen molar-refractivity contribution in [2.45, 2.75) is 33.2 Å². The first kappa shape index (κ1) is 21.1. The van der Waals surface area contributed by atoms with Crippen LogP contribution in [0.5, 0.6) is 0 Å². The van der Waals surface area contributed by atoms with Crippen LogP contribution in [0.1, 0.15) is 33.7 Å². The number of fused-ring (bicyclic) bond motifs is 3. The standard InChI is InChI=1S/C29H30N4O/c1-18-13-24(14-19(2)30-18)28-20(3)26-8-7-22(16-27(26)31-28)21-5-4-6-23(15-21)29(34)33-12-11-32-10-9-25(33)17-32/h4-8,13-16,25,31H,9-12,17H2,1-3H3. The monoisotopic (exact) mass is 450 g/mol. The zero-order valence-corrected chi connectivity index (χ0v) is 20.1. The predicted molar refractivity (Wildman–Crippen MR) is 137 cm³/mol. The second-order valence-corrected chi connectivity index (χ2v) is 9.85. The van der Waals surface area contributed by atoms with Crippen molar-refractivity contribution >= 4 is 16.8 Å². The number of piperazine rings is 1. The highest BCUT2D eigenvalue weighted by molar-refractivity contribution is 5.97. The molecule has 2 saturated heterocycles. The Labute approximate surface area is 200 Å². The number of rotatable bonds is 3. The second kappa shape index (κ2) is 8.10. The molecule has 2 bridgehead atoms. The van der Waals surface area contributed by atoms with E-state index in [4.69, 9.17) is 0 Å². The lowest BCUT2D eigenvalue weighted by Gasteiger charge is -2.34. The van der Waals surface area contributed by atoms with E-state index in [-0.39, 0.29) is 5.91 Å². The predicted octanol–water partition coefficient (Wildman–Crippen LogP) is 5.35. The molecule has 2 aliphatic heterocycles. The smallest absolute Gasteiger partial charge is 0.254 e. The van der Waals surface area contributed by atoms with Crippen LogP contribution in [-0.2, 0) is 0 Å². The van der Waals surface area contributed by atoms with Crippen molar-refractivity contribution in [3.8, 4) is 22.4 Å². The molecule has 0 aliphatic carbocycles. The van der Waals surface area contributed by atoms with E-state index >= 15 is 0 Å². The fourth-order valence-electron chi connectivity index (χ4n) is 5.75. The topological polar surface area (TPSA) is 52.2 Å². The fourth-order valence-corrected chi connectivity index (χ4v) is 5.75. The van der Waals surface area contributed by atoms with Gasteiger partial charge in [0.1, 0.15) is 0 Å². The molecule has 5 nitrogen and oxygen atoms in total. The summed E-state index contributed by atoms with van der Waals surface area (Å²) < 4.78 is 0. The number of aromatic nitrogens is 2. The molecule has 2 aromatic carbocycles. The van der Waals surface area contributed by atoms with Crippen molar-refractivity contribution in [3.05, 3.63) is 77.1 Å². The highest BCUT2D eigenvalue weighted by Crippen LogP contribution is 2.33. The molecular formula is C29H30N4O. The van der Waals surface area contributed by atoms with Gasteiger partial charge in [0, 0.05) is 71.3 Å². The number of hydrogen-bond donors (Lipinski definition) is 1. The summed E-state index contributed by atoms with van der Waals surface area (Å²) >= 11 is 0. The third kappa shape index (κ3) is 3.61. The zero-order chi connectivity index (χ0) is 23.4. The minimum absolute atomic E-state index is 0.163. The molecular weight excluding hydrogens is 420 g/mol. The number of carbonyl (C=O) groups excluding carboxylic acids is 1. The number of carbonyl (C=O) groups is 1. The molecule has 2 atom stereocenters. The van der Waals surface area contributed by atoms with Gasteiger partial charge in [-0.1, -0.05) is 24.3 Å². The van der Waals surface area contributed by atoms with Crippen LogP contribution in [0.4, 0.5) is 0 Å². The lowest BCUT2D eigenvalue weighted by molar-refractivity contribution is 0.0609. The fraction of sp³-hybridized carbons (Fsp3) is 0.310. The number of pyridine rings is 1. The maximum Gasteiger partial charge on any atom is 0.254 e. The number of nitrogens with one attached hydrogen (secondary N) is 1. The van der Waals surface area contributed by atoms with E-state index < -0.39 is 0 Å². The van der Waals surface area contributed by atoms with Crippen molar-refractivity contribution in [3.63, 3.8) is 0 Å². The molecule has 34 heavy (non-hydrogen) atoms. The van der Waals surface area contributed by atoms with Crippen LogP contribution in [-0.4, -0.2) is 57.9 Å². The quantitative estimate of drug-likeness (QED) is 0.458. The van der Waals surface area contributed by atoms with Crippen molar-refractivity contribution in [2.24, 2.45) is 0 Å². The average molecular weight is 451 g/mol. The van der Waals surface area contributed by atoms with Crippen LogP contribution in [0.15, 0.2) is 54.6 Å². The first-order valence-corrected chi connectivity index (χ1v) is 12.2. The van der Waals surface area contributed by atoms with Crippen molar-refractivity contribution < 1.29 is 4.79 Å². The summed E-state index contributed by atoms with van der Waals surface area (Å²) in [5.41, 5.74) is 9.67. The Hall–Kier alpha value is -3.44. The van der Waals surface area contributed by atoms with Gasteiger partial charge in [-0.05, 0) is 74.2 Å². The highest BCUT2D eigenvalue weighted by atomic mass is 16.2. The zero-order valence-electron chi connectivity index (χ0n) is 20.1. The normalized spacial score (nSPS) is 19.7. The maximum absolute atomic E-state index is 13.3. The molecule has 4 heterocycles. The Bertz CT molecular complexity index is 1400. The van der Waals surface area contributed by atoms with E-state index in [2.05, 4.69) is 69.2 Å². The Morgan fingerprint density at radius 3 is 2.53 bits per heavy atom. The third-order valence-corrected chi connectivity index (χ3v) is 7.48. The highest BCUT2D eigenvalue weighted by Gasteiger charge is 2.35. The number of hydrogen-bond acceptors (Lipinski definition) is 3. The number of aromatic amines is 1. The number of amides is 1. The van der Waals surface area contributed by atoms with E-state index in [1.54, 1.807) is 0 Å². The van der Waals surface area contributed by atoms with Gasteiger partial charge in [0.2, 0.25) is 0 Å². The molecule has 5 heteroatoms. The van der Waals surface area contributed by atoms with Gasteiger partial charge in [0.05, 0.1) is 0 Å². The summed E-state index contributed by atoms with van der Waals surface area (Å²) in [5, 5.41) is 1.22. The summed E-state index contributed by atoms with van der Waals surface area (Å²) in [4.78, 5) is 26.1. The van der Waals surface area contributed by atoms with E-state index in [1.807, 2.05) is 26.0 Å². The average Bonchev–Trinajstić information content (AvgIpc) is 3.37. The Kier molecular flexibility index (Phi) is 5.03. The van der Waals surface area contributed by atoms with E-state index in [9.17, 15) is 4.79 Å². The Morgan fingerprint density at radius 2 is 1.71 bits per heavy atom. The van der Waals surface area contributed by atoms with Crippen LogP contribution in [0, 0.1) is 20.8 Å². The number of aryl methyl sites for hydroxylation is 3. The van der Waals surface area contributed by atoms with Gasteiger partial charge >= 0.3 is 0 Å². The molecule has 6 rings (SSSR count).